The first-order valence-electron chi connectivity index (χ1n) is 4.17. The summed E-state index contributed by atoms with van der Waals surface area (Å²) >= 11 is 0. The topological polar surface area (TPSA) is 0 Å². The van der Waals surface area contributed by atoms with Crippen LogP contribution in [0.4, 0.5) is 4.39 Å². The molecule has 0 atom stereocenters. The van der Waals surface area contributed by atoms with Gasteiger partial charge in [0.2, 0.25) is 0 Å². The maximum atomic E-state index is 12.9. The van der Waals surface area contributed by atoms with Gasteiger partial charge >= 0.3 is 19.5 Å². The minimum Gasteiger partial charge on any atom is -1.00 e. The van der Waals surface area contributed by atoms with Crippen molar-refractivity contribution in [1.82, 2.24) is 0 Å². The van der Waals surface area contributed by atoms with Crippen LogP contribution < -0.4 is 24.8 Å². The zero-order valence-electron chi connectivity index (χ0n) is 8.54. The van der Waals surface area contributed by atoms with E-state index in [0.717, 1.165) is 11.1 Å². The second-order valence-corrected chi connectivity index (χ2v) is 2.88. The molecule has 0 aliphatic carbocycles. The summed E-state index contributed by atoms with van der Waals surface area (Å²) in [5.74, 6) is -0.193. The minimum atomic E-state index is -0.193. The Balaban J connectivity index is 0. The van der Waals surface area contributed by atoms with Gasteiger partial charge in [-0.2, -0.15) is 0 Å². The molecule has 0 N–H and O–H groups in total. The number of benzene rings is 2. The molecule has 0 bridgehead atoms. The van der Waals surface area contributed by atoms with E-state index in [-0.39, 0.29) is 50.1 Å². The molecule has 0 aromatic heterocycles. The Kier molecular flexibility index (Phi) is 9.76. The molecule has 0 aliphatic rings. The fraction of sp³-hybridized carbons (Fsp3) is 0. The quantitative estimate of drug-likeness (QED) is 0.511. The molecule has 0 saturated carbocycles. The summed E-state index contributed by atoms with van der Waals surface area (Å²) < 4.78 is 12.9. The van der Waals surface area contributed by atoms with Gasteiger partial charge in [0.1, 0.15) is 5.82 Å². The van der Waals surface area contributed by atoms with Gasteiger partial charge < -0.3 is 24.8 Å². The molecule has 16 heavy (non-hydrogen) atoms. The third-order valence-electron chi connectivity index (χ3n) is 1.93. The zero-order valence-corrected chi connectivity index (χ0v) is 13.0. The van der Waals surface area contributed by atoms with Crippen LogP contribution in [0.5, 0.6) is 0 Å². The Morgan fingerprint density at radius 3 is 1.81 bits per heavy atom. The molecule has 0 spiro atoms. The molecule has 2 aromatic carbocycles. The second kappa shape index (κ2) is 8.69. The molecular formula is C12H9Cl2FZn. The van der Waals surface area contributed by atoms with E-state index >= 15 is 0 Å². The molecule has 2 rings (SSSR count). The predicted molar refractivity (Wildman–Crippen MR) is 51.8 cm³/mol. The van der Waals surface area contributed by atoms with E-state index in [2.05, 4.69) is 0 Å². The van der Waals surface area contributed by atoms with Crippen LogP contribution >= 0.6 is 0 Å². The fourth-order valence-electron chi connectivity index (χ4n) is 1.30. The maximum Gasteiger partial charge on any atom is 2.00 e. The normalized spacial score (nSPS) is 8.06. The predicted octanol–water partition coefficient (Wildman–Crippen LogP) is -2.50. The molecule has 0 amide bonds. The van der Waals surface area contributed by atoms with Crippen molar-refractivity contribution in [2.75, 3.05) is 0 Å². The van der Waals surface area contributed by atoms with E-state index in [0.29, 0.717) is 0 Å². The average Bonchev–Trinajstić information content (AvgIpc) is 2.19. The Morgan fingerprint density at radius 1 is 0.688 bits per heavy atom. The molecule has 2 aromatic rings. The van der Waals surface area contributed by atoms with Gasteiger partial charge in [-0.1, -0.05) is 42.5 Å². The SMILES string of the molecule is Fc1cccc(-c2ccccc2)c1.[Cl-].[Cl-].[Zn+2]. The van der Waals surface area contributed by atoms with E-state index in [9.17, 15) is 4.39 Å². The molecule has 0 nitrogen and oxygen atoms in total. The van der Waals surface area contributed by atoms with Crippen LogP contribution in [-0.2, 0) is 19.5 Å². The largest absolute Gasteiger partial charge is 2.00 e. The first kappa shape index (κ1) is 18.0. The Bertz CT molecular complexity index is 407. The van der Waals surface area contributed by atoms with E-state index in [1.54, 1.807) is 6.07 Å². The average molecular weight is 308 g/mol. The standard InChI is InChI=1S/C12H9F.2ClH.Zn/c13-12-8-4-7-11(9-12)10-5-2-1-3-6-10;;;/h1-9H;2*1H;/q;;;+2/p-2. The Morgan fingerprint density at radius 2 is 1.25 bits per heavy atom. The summed E-state index contributed by atoms with van der Waals surface area (Å²) in [6, 6.07) is 16.4. The summed E-state index contributed by atoms with van der Waals surface area (Å²) in [6.45, 7) is 0. The van der Waals surface area contributed by atoms with Gasteiger partial charge in [0.15, 0.2) is 0 Å². The van der Waals surface area contributed by atoms with E-state index in [1.165, 1.54) is 12.1 Å². The fourth-order valence-corrected chi connectivity index (χ4v) is 1.30. The van der Waals surface area contributed by atoms with E-state index in [1.807, 2.05) is 36.4 Å². The molecule has 80 valence electrons. The van der Waals surface area contributed by atoms with Crippen molar-refractivity contribution >= 4 is 0 Å². The second-order valence-electron chi connectivity index (χ2n) is 2.88. The van der Waals surface area contributed by atoms with Crippen molar-refractivity contribution in [3.8, 4) is 11.1 Å². The van der Waals surface area contributed by atoms with Crippen molar-refractivity contribution < 1.29 is 48.7 Å². The molecule has 0 fully saturated rings. The van der Waals surface area contributed by atoms with Crippen molar-refractivity contribution in [3.63, 3.8) is 0 Å². The van der Waals surface area contributed by atoms with Crippen LogP contribution in [0.3, 0.4) is 0 Å². The van der Waals surface area contributed by atoms with Crippen molar-refractivity contribution in [2.45, 2.75) is 0 Å². The molecule has 0 aliphatic heterocycles. The summed E-state index contributed by atoms with van der Waals surface area (Å²) in [7, 11) is 0. The summed E-state index contributed by atoms with van der Waals surface area (Å²) in [5.41, 5.74) is 1.96. The molecular weight excluding hydrogens is 299 g/mol. The minimum absolute atomic E-state index is 0. The third-order valence-corrected chi connectivity index (χ3v) is 1.93. The van der Waals surface area contributed by atoms with Gasteiger partial charge in [0, 0.05) is 0 Å². The van der Waals surface area contributed by atoms with Crippen molar-refractivity contribution in [2.24, 2.45) is 0 Å². The van der Waals surface area contributed by atoms with Gasteiger partial charge in [-0.05, 0) is 23.3 Å². The first-order chi connectivity index (χ1) is 6.36. The summed E-state index contributed by atoms with van der Waals surface area (Å²) in [5, 5.41) is 0. The zero-order chi connectivity index (χ0) is 9.10. The third kappa shape index (κ3) is 4.61. The van der Waals surface area contributed by atoms with Crippen LogP contribution in [-0.4, -0.2) is 0 Å². The van der Waals surface area contributed by atoms with Gasteiger partial charge in [0.25, 0.3) is 0 Å². The molecule has 0 radical (unpaired) electrons. The van der Waals surface area contributed by atoms with Crippen LogP contribution in [0.1, 0.15) is 0 Å². The van der Waals surface area contributed by atoms with Gasteiger partial charge in [-0.25, -0.2) is 4.39 Å². The van der Waals surface area contributed by atoms with Crippen LogP contribution in [0, 0.1) is 5.82 Å². The Hall–Kier alpha value is -0.427. The van der Waals surface area contributed by atoms with Crippen molar-refractivity contribution in [1.29, 1.82) is 0 Å². The molecule has 0 saturated heterocycles. The summed E-state index contributed by atoms with van der Waals surface area (Å²) in [4.78, 5) is 0. The van der Waals surface area contributed by atoms with Gasteiger partial charge in [0.05, 0.1) is 0 Å². The van der Waals surface area contributed by atoms with Gasteiger partial charge in [-0.3, -0.25) is 0 Å². The monoisotopic (exact) mass is 306 g/mol. The first-order valence-corrected chi connectivity index (χ1v) is 4.17. The van der Waals surface area contributed by atoms with Crippen LogP contribution in [0.25, 0.3) is 11.1 Å². The van der Waals surface area contributed by atoms with E-state index in [4.69, 9.17) is 0 Å². The number of hydrogen-bond acceptors (Lipinski definition) is 0. The van der Waals surface area contributed by atoms with E-state index < -0.39 is 0 Å². The maximum absolute atomic E-state index is 12.9. The number of halogens is 3. The molecule has 0 unspecified atom stereocenters. The smallest absolute Gasteiger partial charge is 1.00 e. The number of hydrogen-bond donors (Lipinski definition) is 0. The van der Waals surface area contributed by atoms with Crippen LogP contribution in [0.15, 0.2) is 54.6 Å². The van der Waals surface area contributed by atoms with Crippen LogP contribution in [0.2, 0.25) is 0 Å². The summed E-state index contributed by atoms with van der Waals surface area (Å²) in [6.07, 6.45) is 0. The Labute approximate surface area is 120 Å². The van der Waals surface area contributed by atoms with Gasteiger partial charge in [-0.15, -0.1) is 0 Å². The molecule has 4 heteroatoms. The van der Waals surface area contributed by atoms with Crippen molar-refractivity contribution in [3.05, 3.63) is 60.4 Å². The number of rotatable bonds is 1. The molecule has 0 heterocycles.